The van der Waals surface area contributed by atoms with Crippen molar-refractivity contribution in [2.75, 3.05) is 20.2 Å². The molecule has 6 nitrogen and oxygen atoms in total. The van der Waals surface area contributed by atoms with Gasteiger partial charge in [0.05, 0.1) is 18.7 Å². The van der Waals surface area contributed by atoms with Crippen molar-refractivity contribution in [2.24, 2.45) is 4.99 Å². The largest absolute Gasteiger partial charge is 0.481 e. The normalized spacial score (nSPS) is 12.1. The second-order valence-corrected chi connectivity index (χ2v) is 6.15. The minimum Gasteiger partial charge on any atom is -0.481 e. The molecule has 0 aromatic carbocycles. The maximum absolute atomic E-state index is 12.6. The summed E-state index contributed by atoms with van der Waals surface area (Å²) in [6, 6.07) is 3.63. The molecular formula is C16H20F3N5OS. The fourth-order valence-corrected chi connectivity index (χ4v) is 2.82. The summed E-state index contributed by atoms with van der Waals surface area (Å²) < 4.78 is 42.7. The smallest absolute Gasteiger partial charge is 0.434 e. The Balaban J connectivity index is 1.90. The van der Waals surface area contributed by atoms with Crippen LogP contribution in [0, 0.1) is 0 Å². The molecule has 0 saturated carbocycles. The van der Waals surface area contributed by atoms with Crippen molar-refractivity contribution in [1.29, 1.82) is 0 Å². The highest BCUT2D eigenvalue weighted by Crippen LogP contribution is 2.29. The summed E-state index contributed by atoms with van der Waals surface area (Å²) in [6.07, 6.45) is -2.37. The van der Waals surface area contributed by atoms with E-state index in [0.717, 1.165) is 22.3 Å². The third-order valence-corrected chi connectivity index (χ3v) is 4.15. The first kappa shape index (κ1) is 20.0. The van der Waals surface area contributed by atoms with Gasteiger partial charge in [0.2, 0.25) is 5.88 Å². The Labute approximate surface area is 153 Å². The van der Waals surface area contributed by atoms with Gasteiger partial charge in [0, 0.05) is 37.2 Å². The first-order valence-electron chi connectivity index (χ1n) is 7.95. The van der Waals surface area contributed by atoms with Crippen molar-refractivity contribution in [3.05, 3.63) is 40.0 Å². The van der Waals surface area contributed by atoms with Gasteiger partial charge in [0.15, 0.2) is 11.7 Å². The number of methoxy groups -OCH3 is 1. The number of rotatable bonds is 7. The summed E-state index contributed by atoms with van der Waals surface area (Å²) in [7, 11) is 1.55. The molecule has 2 aromatic heterocycles. The number of hydrogen-bond acceptors (Lipinski definition) is 5. The number of alkyl halides is 3. The van der Waals surface area contributed by atoms with Crippen molar-refractivity contribution in [2.45, 2.75) is 26.1 Å². The van der Waals surface area contributed by atoms with Gasteiger partial charge in [0.25, 0.3) is 0 Å². The summed E-state index contributed by atoms with van der Waals surface area (Å²) in [4.78, 5) is 12.1. The van der Waals surface area contributed by atoms with E-state index in [2.05, 4.69) is 25.6 Å². The number of aliphatic imine (C=N–C) groups is 1. The molecule has 2 rings (SSSR count). The van der Waals surface area contributed by atoms with E-state index in [9.17, 15) is 13.2 Å². The molecule has 10 heteroatoms. The number of guanidine groups is 1. The predicted octanol–water partition coefficient (Wildman–Crippen LogP) is 2.86. The number of thiazole rings is 1. The van der Waals surface area contributed by atoms with Gasteiger partial charge < -0.3 is 15.4 Å². The van der Waals surface area contributed by atoms with Crippen molar-refractivity contribution in [1.82, 2.24) is 20.6 Å². The monoisotopic (exact) mass is 387 g/mol. The maximum Gasteiger partial charge on any atom is 0.434 e. The molecule has 0 amide bonds. The first-order valence-corrected chi connectivity index (χ1v) is 8.83. The Hall–Kier alpha value is -2.36. The van der Waals surface area contributed by atoms with Crippen LogP contribution in [-0.4, -0.2) is 36.1 Å². The van der Waals surface area contributed by atoms with Gasteiger partial charge in [-0.15, -0.1) is 11.3 Å². The molecule has 0 atom stereocenters. The zero-order valence-electron chi connectivity index (χ0n) is 14.4. The van der Waals surface area contributed by atoms with Crippen LogP contribution in [0.1, 0.15) is 23.2 Å². The van der Waals surface area contributed by atoms with Crippen LogP contribution in [0.2, 0.25) is 0 Å². The lowest BCUT2D eigenvalue weighted by molar-refractivity contribution is -0.140. The molecule has 0 bridgehead atoms. The highest BCUT2D eigenvalue weighted by atomic mass is 32.1. The van der Waals surface area contributed by atoms with Gasteiger partial charge >= 0.3 is 6.18 Å². The van der Waals surface area contributed by atoms with Crippen LogP contribution in [0.4, 0.5) is 13.2 Å². The third-order valence-electron chi connectivity index (χ3n) is 3.25. The van der Waals surface area contributed by atoms with Gasteiger partial charge in [0.1, 0.15) is 0 Å². The molecule has 26 heavy (non-hydrogen) atoms. The number of pyridine rings is 1. The van der Waals surface area contributed by atoms with E-state index < -0.39 is 11.9 Å². The number of nitrogens with zero attached hydrogens (tertiary/aromatic N) is 3. The first-order chi connectivity index (χ1) is 12.4. The molecule has 0 radical (unpaired) electrons. The van der Waals surface area contributed by atoms with Crippen LogP contribution in [0.15, 0.2) is 28.7 Å². The fraction of sp³-hybridized carbons (Fsp3) is 0.438. The highest BCUT2D eigenvalue weighted by molar-refractivity contribution is 7.09. The van der Waals surface area contributed by atoms with E-state index in [4.69, 9.17) is 4.74 Å². The Morgan fingerprint density at radius 3 is 2.81 bits per heavy atom. The predicted molar refractivity (Wildman–Crippen MR) is 94.4 cm³/mol. The van der Waals surface area contributed by atoms with E-state index in [1.54, 1.807) is 19.4 Å². The van der Waals surface area contributed by atoms with Crippen LogP contribution < -0.4 is 15.4 Å². The lowest BCUT2D eigenvalue weighted by Gasteiger charge is -2.10. The van der Waals surface area contributed by atoms with E-state index >= 15 is 0 Å². The van der Waals surface area contributed by atoms with Crippen LogP contribution in [0.3, 0.4) is 0 Å². The molecule has 0 saturated heterocycles. The number of aromatic nitrogens is 2. The highest BCUT2D eigenvalue weighted by Gasteiger charge is 2.33. The van der Waals surface area contributed by atoms with E-state index in [-0.39, 0.29) is 0 Å². The topological polar surface area (TPSA) is 71.4 Å². The van der Waals surface area contributed by atoms with E-state index in [1.807, 2.05) is 13.0 Å². The molecular weight excluding hydrogens is 367 g/mol. The quantitative estimate of drug-likeness (QED) is 0.565. The molecule has 2 aromatic rings. The number of nitrogens with one attached hydrogen (secondary N) is 2. The van der Waals surface area contributed by atoms with E-state index in [1.165, 1.54) is 0 Å². The van der Waals surface area contributed by atoms with Gasteiger partial charge in [-0.2, -0.15) is 13.2 Å². The standard InChI is InChI=1S/C16H20F3N5OS/c1-3-20-15(23-9-11-4-6-21-13(8-11)25-2)22-7-5-14-24-12(10-26-14)16(17,18)19/h4,6,8,10H,3,5,7,9H2,1-2H3,(H2,20,22,23). The number of hydrogen-bond donors (Lipinski definition) is 2. The summed E-state index contributed by atoms with van der Waals surface area (Å²) in [5.41, 5.74) is 0.0912. The van der Waals surface area contributed by atoms with Gasteiger partial charge in [-0.05, 0) is 18.6 Å². The Kier molecular flexibility index (Phi) is 7.19. The van der Waals surface area contributed by atoms with Crippen LogP contribution in [0.25, 0.3) is 0 Å². The van der Waals surface area contributed by atoms with Gasteiger partial charge in [-0.1, -0.05) is 0 Å². The summed E-state index contributed by atoms with van der Waals surface area (Å²) in [6.45, 7) is 3.45. The molecule has 142 valence electrons. The molecule has 2 heterocycles. The van der Waals surface area contributed by atoms with Crippen molar-refractivity contribution < 1.29 is 17.9 Å². The molecule has 0 unspecified atom stereocenters. The third kappa shape index (κ3) is 6.17. The lowest BCUT2D eigenvalue weighted by atomic mass is 10.3. The van der Waals surface area contributed by atoms with Crippen molar-refractivity contribution in [3.63, 3.8) is 0 Å². The molecule has 0 aliphatic heterocycles. The average molecular weight is 387 g/mol. The molecule has 0 spiro atoms. The van der Waals surface area contributed by atoms with Crippen LogP contribution >= 0.6 is 11.3 Å². The number of ether oxygens (including phenoxy) is 1. The maximum atomic E-state index is 12.6. The molecule has 2 N–H and O–H groups in total. The average Bonchev–Trinajstić information content (AvgIpc) is 3.09. The Morgan fingerprint density at radius 2 is 2.15 bits per heavy atom. The Bertz CT molecular complexity index is 733. The Morgan fingerprint density at radius 1 is 1.35 bits per heavy atom. The summed E-state index contributed by atoms with van der Waals surface area (Å²) in [5.74, 6) is 1.09. The van der Waals surface area contributed by atoms with Crippen molar-refractivity contribution >= 4 is 17.3 Å². The van der Waals surface area contributed by atoms with Crippen LogP contribution in [0.5, 0.6) is 5.88 Å². The summed E-state index contributed by atoms with van der Waals surface area (Å²) in [5, 5.41) is 7.65. The van der Waals surface area contributed by atoms with Gasteiger partial charge in [-0.3, -0.25) is 0 Å². The molecule has 0 aliphatic rings. The van der Waals surface area contributed by atoms with E-state index in [0.29, 0.717) is 42.9 Å². The van der Waals surface area contributed by atoms with Crippen LogP contribution in [-0.2, 0) is 19.1 Å². The SMILES string of the molecule is CCNC(=NCc1ccnc(OC)c1)NCCc1nc(C(F)(F)F)cs1. The second kappa shape index (κ2) is 9.37. The zero-order valence-corrected chi connectivity index (χ0v) is 15.2. The van der Waals surface area contributed by atoms with Crippen molar-refractivity contribution in [3.8, 4) is 5.88 Å². The number of halogens is 3. The molecule has 0 aliphatic carbocycles. The lowest BCUT2D eigenvalue weighted by Crippen LogP contribution is -2.38. The zero-order chi connectivity index (χ0) is 19.0. The van der Waals surface area contributed by atoms with Gasteiger partial charge in [-0.25, -0.2) is 15.0 Å². The summed E-state index contributed by atoms with van der Waals surface area (Å²) >= 11 is 1.00. The molecule has 0 fully saturated rings. The fourth-order valence-electron chi connectivity index (χ4n) is 2.02. The minimum atomic E-state index is -4.40. The minimum absolute atomic E-state index is 0.383. The second-order valence-electron chi connectivity index (χ2n) is 5.20.